The highest BCUT2D eigenvalue weighted by atomic mass is 79.9. The molecule has 1 unspecified atom stereocenters. The molecule has 1 saturated heterocycles. The molecular weight excluding hydrogens is 362 g/mol. The third-order valence-corrected chi connectivity index (χ3v) is 5.02. The second kappa shape index (κ2) is 6.34. The summed E-state index contributed by atoms with van der Waals surface area (Å²) in [6.45, 7) is 2.47. The zero-order chi connectivity index (χ0) is 15.6. The molecule has 1 aliphatic rings. The average molecular weight is 377 g/mol. The van der Waals surface area contributed by atoms with Crippen molar-refractivity contribution >= 4 is 39.4 Å². The highest BCUT2D eigenvalue weighted by molar-refractivity contribution is 9.10. The average Bonchev–Trinajstić information content (AvgIpc) is 2.82. The second-order valence-electron chi connectivity index (χ2n) is 5.20. The van der Waals surface area contributed by atoms with Gasteiger partial charge in [-0.1, -0.05) is 11.6 Å². The molecule has 2 rings (SSSR count). The molecule has 1 atom stereocenters. The Morgan fingerprint density at radius 1 is 1.52 bits per heavy atom. The summed E-state index contributed by atoms with van der Waals surface area (Å²) in [6, 6.07) is 3.26. The van der Waals surface area contributed by atoms with Gasteiger partial charge in [0.1, 0.15) is 0 Å². The molecule has 1 fully saturated rings. The molecular formula is C14H15BrClNO4. The Hall–Kier alpha value is -1.11. The molecule has 0 saturated carbocycles. The van der Waals surface area contributed by atoms with Crippen LogP contribution in [0.2, 0.25) is 5.02 Å². The Balaban J connectivity index is 2.21. The van der Waals surface area contributed by atoms with Crippen LogP contribution < -0.4 is 5.32 Å². The third kappa shape index (κ3) is 3.75. The summed E-state index contributed by atoms with van der Waals surface area (Å²) in [4.78, 5) is 23.4. The Kier molecular flexibility index (Phi) is 4.91. The standard InChI is InChI=1S/C14H15BrClNO4/c1-8-4-9(5-10(16)12(8)15)13(20)17-14(6-11(18)19)2-3-21-7-14/h4-5H,2-3,6-7H2,1H3,(H,17,20)(H,18,19). The van der Waals surface area contributed by atoms with Crippen LogP contribution in [0.25, 0.3) is 0 Å². The summed E-state index contributed by atoms with van der Waals surface area (Å²) in [5.74, 6) is -1.31. The van der Waals surface area contributed by atoms with E-state index in [4.69, 9.17) is 21.4 Å². The van der Waals surface area contributed by atoms with E-state index in [1.54, 1.807) is 12.1 Å². The van der Waals surface area contributed by atoms with Gasteiger partial charge >= 0.3 is 5.97 Å². The van der Waals surface area contributed by atoms with Crippen LogP contribution in [-0.4, -0.2) is 35.7 Å². The van der Waals surface area contributed by atoms with E-state index in [0.717, 1.165) is 10.0 Å². The fourth-order valence-corrected chi connectivity index (χ4v) is 2.85. The molecule has 7 heteroatoms. The fraction of sp³-hybridized carbons (Fsp3) is 0.429. The van der Waals surface area contributed by atoms with E-state index >= 15 is 0 Å². The van der Waals surface area contributed by atoms with Crippen LogP contribution in [0.3, 0.4) is 0 Å². The van der Waals surface area contributed by atoms with E-state index in [-0.39, 0.29) is 18.9 Å². The molecule has 1 heterocycles. The van der Waals surface area contributed by atoms with Crippen LogP contribution in [0.5, 0.6) is 0 Å². The maximum Gasteiger partial charge on any atom is 0.305 e. The number of carboxylic acid groups (broad SMARTS) is 1. The van der Waals surface area contributed by atoms with Gasteiger partial charge in [0, 0.05) is 16.6 Å². The van der Waals surface area contributed by atoms with Crippen LogP contribution in [-0.2, 0) is 9.53 Å². The van der Waals surface area contributed by atoms with Crippen LogP contribution in [0.15, 0.2) is 16.6 Å². The molecule has 114 valence electrons. The van der Waals surface area contributed by atoms with Gasteiger partial charge in [-0.25, -0.2) is 0 Å². The van der Waals surface area contributed by atoms with E-state index in [2.05, 4.69) is 21.2 Å². The molecule has 0 bridgehead atoms. The zero-order valence-corrected chi connectivity index (χ0v) is 13.8. The van der Waals surface area contributed by atoms with Gasteiger partial charge < -0.3 is 15.2 Å². The maximum absolute atomic E-state index is 12.4. The van der Waals surface area contributed by atoms with Gasteiger partial charge in [0.05, 0.1) is 23.6 Å². The van der Waals surface area contributed by atoms with Gasteiger partial charge in [0.15, 0.2) is 0 Å². The first-order valence-corrected chi connectivity index (χ1v) is 7.58. The minimum atomic E-state index is -0.967. The lowest BCUT2D eigenvalue weighted by atomic mass is 9.93. The molecule has 1 aliphatic heterocycles. The maximum atomic E-state index is 12.4. The second-order valence-corrected chi connectivity index (χ2v) is 6.40. The molecule has 0 aliphatic carbocycles. The monoisotopic (exact) mass is 375 g/mol. The third-order valence-electron chi connectivity index (χ3n) is 3.44. The van der Waals surface area contributed by atoms with E-state index in [9.17, 15) is 9.59 Å². The smallest absolute Gasteiger partial charge is 0.305 e. The summed E-state index contributed by atoms with van der Waals surface area (Å²) < 4.78 is 5.99. The van der Waals surface area contributed by atoms with Gasteiger partial charge in [0.2, 0.25) is 0 Å². The number of aryl methyl sites for hydroxylation is 1. The van der Waals surface area contributed by atoms with Crippen molar-refractivity contribution in [1.82, 2.24) is 5.32 Å². The lowest BCUT2D eigenvalue weighted by Crippen LogP contribution is -2.50. The van der Waals surface area contributed by atoms with Crippen LogP contribution in [0.1, 0.15) is 28.8 Å². The Morgan fingerprint density at radius 3 is 2.76 bits per heavy atom. The van der Waals surface area contributed by atoms with E-state index in [1.165, 1.54) is 0 Å². The first kappa shape index (κ1) is 16.3. The van der Waals surface area contributed by atoms with Crippen LogP contribution in [0, 0.1) is 6.92 Å². The summed E-state index contributed by atoms with van der Waals surface area (Å²) in [5, 5.41) is 12.2. The van der Waals surface area contributed by atoms with Gasteiger partial charge in [-0.05, 0) is 47.0 Å². The van der Waals surface area contributed by atoms with Crippen molar-refractivity contribution in [3.05, 3.63) is 32.8 Å². The number of halogens is 2. The van der Waals surface area contributed by atoms with Crippen LogP contribution >= 0.6 is 27.5 Å². The Labute approximate surface area is 135 Å². The summed E-state index contributed by atoms with van der Waals surface area (Å²) in [5.41, 5.74) is 0.385. The zero-order valence-electron chi connectivity index (χ0n) is 11.4. The first-order chi connectivity index (χ1) is 9.83. The molecule has 5 nitrogen and oxygen atoms in total. The number of rotatable bonds is 4. The molecule has 0 spiro atoms. The number of carbonyl (C=O) groups is 2. The molecule has 1 amide bonds. The van der Waals surface area contributed by atoms with Gasteiger partial charge in [-0.3, -0.25) is 9.59 Å². The molecule has 1 aromatic rings. The van der Waals surface area contributed by atoms with Gasteiger partial charge in [-0.2, -0.15) is 0 Å². The van der Waals surface area contributed by atoms with E-state index in [1.807, 2.05) is 6.92 Å². The van der Waals surface area contributed by atoms with Crippen LogP contribution in [0.4, 0.5) is 0 Å². The Bertz CT molecular complexity index is 561. The highest BCUT2D eigenvalue weighted by Crippen LogP contribution is 2.28. The number of benzene rings is 1. The predicted molar refractivity (Wildman–Crippen MR) is 81.8 cm³/mol. The van der Waals surface area contributed by atoms with Crippen molar-refractivity contribution in [3.63, 3.8) is 0 Å². The number of carboxylic acids is 1. The van der Waals surface area contributed by atoms with Crippen molar-refractivity contribution in [2.24, 2.45) is 0 Å². The van der Waals surface area contributed by atoms with Crippen molar-refractivity contribution in [3.8, 4) is 0 Å². The number of nitrogens with one attached hydrogen (secondary N) is 1. The van der Waals surface area contributed by atoms with Gasteiger partial charge in [-0.15, -0.1) is 0 Å². The summed E-state index contributed by atoms with van der Waals surface area (Å²) >= 11 is 9.39. The van der Waals surface area contributed by atoms with Gasteiger partial charge in [0.25, 0.3) is 5.91 Å². The van der Waals surface area contributed by atoms with E-state index in [0.29, 0.717) is 23.6 Å². The van der Waals surface area contributed by atoms with E-state index < -0.39 is 11.5 Å². The minimum absolute atomic E-state index is 0.165. The summed E-state index contributed by atoms with van der Waals surface area (Å²) in [6.07, 6.45) is 0.316. The number of carbonyl (C=O) groups excluding carboxylic acids is 1. The quantitative estimate of drug-likeness (QED) is 0.847. The first-order valence-electron chi connectivity index (χ1n) is 6.41. The number of hydrogen-bond donors (Lipinski definition) is 2. The minimum Gasteiger partial charge on any atom is -0.481 e. The molecule has 0 radical (unpaired) electrons. The molecule has 0 aromatic heterocycles. The summed E-state index contributed by atoms with van der Waals surface area (Å²) in [7, 11) is 0. The number of hydrogen-bond acceptors (Lipinski definition) is 3. The Morgan fingerprint density at radius 2 is 2.24 bits per heavy atom. The largest absolute Gasteiger partial charge is 0.481 e. The lowest BCUT2D eigenvalue weighted by Gasteiger charge is -2.27. The highest BCUT2D eigenvalue weighted by Gasteiger charge is 2.38. The topological polar surface area (TPSA) is 75.6 Å². The lowest BCUT2D eigenvalue weighted by molar-refractivity contribution is -0.138. The predicted octanol–water partition coefficient (Wildman–Crippen LogP) is 2.77. The number of aliphatic carboxylic acids is 1. The number of ether oxygens (including phenoxy) is 1. The molecule has 2 N–H and O–H groups in total. The van der Waals surface area contributed by atoms with Crippen molar-refractivity contribution < 1.29 is 19.4 Å². The molecule has 1 aromatic carbocycles. The SMILES string of the molecule is Cc1cc(C(=O)NC2(CC(=O)O)CCOC2)cc(Cl)c1Br. The van der Waals surface area contributed by atoms with Crippen molar-refractivity contribution in [1.29, 1.82) is 0 Å². The normalized spacial score (nSPS) is 21.3. The number of amides is 1. The molecule has 21 heavy (non-hydrogen) atoms. The fourth-order valence-electron chi connectivity index (χ4n) is 2.35. The van der Waals surface area contributed by atoms with Crippen molar-refractivity contribution in [2.75, 3.05) is 13.2 Å². The van der Waals surface area contributed by atoms with Crippen molar-refractivity contribution in [2.45, 2.75) is 25.3 Å².